The Morgan fingerprint density at radius 1 is 1.19 bits per heavy atom. The summed E-state index contributed by atoms with van der Waals surface area (Å²) >= 11 is 0. The maximum atomic E-state index is 6.17. The molecule has 1 aliphatic rings. The van der Waals surface area contributed by atoms with Crippen molar-refractivity contribution in [3.8, 4) is 0 Å². The average molecular weight is 227 g/mol. The van der Waals surface area contributed by atoms with Crippen LogP contribution >= 0.6 is 0 Å². The van der Waals surface area contributed by atoms with Crippen LogP contribution in [0.3, 0.4) is 0 Å². The van der Waals surface area contributed by atoms with E-state index >= 15 is 0 Å². The molecular weight excluding hydrogens is 198 g/mol. The minimum Gasteiger partial charge on any atom is -0.374 e. The largest absolute Gasteiger partial charge is 0.374 e. The van der Waals surface area contributed by atoms with Crippen molar-refractivity contribution in [2.45, 2.75) is 71.4 Å². The molecule has 0 amide bonds. The van der Waals surface area contributed by atoms with Crippen molar-refractivity contribution in [1.29, 1.82) is 0 Å². The van der Waals surface area contributed by atoms with Gasteiger partial charge >= 0.3 is 0 Å². The molecule has 1 fully saturated rings. The van der Waals surface area contributed by atoms with E-state index in [1.54, 1.807) is 0 Å². The molecule has 0 aromatic carbocycles. The van der Waals surface area contributed by atoms with Crippen LogP contribution in [-0.4, -0.2) is 24.8 Å². The van der Waals surface area contributed by atoms with E-state index in [2.05, 4.69) is 33.0 Å². The van der Waals surface area contributed by atoms with Gasteiger partial charge in [0, 0.05) is 12.6 Å². The second-order valence-corrected chi connectivity index (χ2v) is 5.13. The van der Waals surface area contributed by atoms with Gasteiger partial charge in [-0.2, -0.15) is 0 Å². The maximum Gasteiger partial charge on any atom is 0.0837 e. The Morgan fingerprint density at radius 3 is 2.25 bits per heavy atom. The van der Waals surface area contributed by atoms with Crippen LogP contribution < -0.4 is 5.32 Å². The van der Waals surface area contributed by atoms with Crippen molar-refractivity contribution < 1.29 is 4.74 Å². The molecule has 2 heteroatoms. The summed E-state index contributed by atoms with van der Waals surface area (Å²) in [5, 5.41) is 3.68. The van der Waals surface area contributed by atoms with E-state index in [1.807, 2.05) is 0 Å². The van der Waals surface area contributed by atoms with Crippen molar-refractivity contribution in [3.05, 3.63) is 0 Å². The van der Waals surface area contributed by atoms with Crippen LogP contribution in [0, 0.1) is 5.92 Å². The van der Waals surface area contributed by atoms with Crippen LogP contribution in [0.5, 0.6) is 0 Å². The summed E-state index contributed by atoms with van der Waals surface area (Å²) in [5.74, 6) is 0.699. The van der Waals surface area contributed by atoms with Crippen LogP contribution in [0.15, 0.2) is 0 Å². The monoisotopic (exact) mass is 227 g/mol. The topological polar surface area (TPSA) is 21.3 Å². The van der Waals surface area contributed by atoms with Crippen molar-refractivity contribution in [1.82, 2.24) is 5.32 Å². The van der Waals surface area contributed by atoms with E-state index in [0.717, 1.165) is 13.2 Å². The van der Waals surface area contributed by atoms with Gasteiger partial charge in [0.2, 0.25) is 0 Å². The zero-order valence-electron chi connectivity index (χ0n) is 11.5. The maximum absolute atomic E-state index is 6.17. The van der Waals surface area contributed by atoms with Gasteiger partial charge in [-0.1, -0.05) is 40.0 Å². The molecule has 0 saturated heterocycles. The number of nitrogens with one attached hydrogen (secondary N) is 1. The zero-order valence-corrected chi connectivity index (χ0v) is 11.5. The van der Waals surface area contributed by atoms with E-state index in [0.29, 0.717) is 12.0 Å². The molecule has 1 N–H and O–H groups in total. The normalized spacial score (nSPS) is 23.2. The number of rotatable bonds is 7. The van der Waals surface area contributed by atoms with E-state index in [-0.39, 0.29) is 5.60 Å². The second kappa shape index (κ2) is 6.61. The summed E-state index contributed by atoms with van der Waals surface area (Å²) in [6.07, 6.45) is 6.37. The van der Waals surface area contributed by atoms with Crippen molar-refractivity contribution in [2.24, 2.45) is 5.92 Å². The van der Waals surface area contributed by atoms with Crippen molar-refractivity contribution in [3.63, 3.8) is 0 Å². The van der Waals surface area contributed by atoms with Gasteiger partial charge in [0.25, 0.3) is 0 Å². The number of hydrogen-bond acceptors (Lipinski definition) is 2. The summed E-state index contributed by atoms with van der Waals surface area (Å²) in [6.45, 7) is 10.8. The van der Waals surface area contributed by atoms with Crippen LogP contribution in [-0.2, 0) is 4.74 Å². The van der Waals surface area contributed by atoms with Crippen LogP contribution in [0.4, 0.5) is 0 Å². The summed E-state index contributed by atoms with van der Waals surface area (Å²) in [5.41, 5.74) is 0.125. The van der Waals surface area contributed by atoms with Gasteiger partial charge in [0.05, 0.1) is 5.60 Å². The molecule has 0 spiro atoms. The molecule has 96 valence electrons. The molecule has 2 unspecified atom stereocenters. The molecular formula is C14H29NO. The molecule has 0 heterocycles. The standard InChI is InChI=1S/C14H29NO/c1-5-12(4)13(15-6-2)14(16-7-3)10-8-9-11-14/h12-13,15H,5-11H2,1-4H3. The lowest BCUT2D eigenvalue weighted by atomic mass is 9.82. The molecule has 0 aromatic heterocycles. The Balaban J connectivity index is 2.77. The Bertz CT molecular complexity index is 187. The summed E-state index contributed by atoms with van der Waals surface area (Å²) in [7, 11) is 0. The second-order valence-electron chi connectivity index (χ2n) is 5.13. The lowest BCUT2D eigenvalue weighted by Gasteiger charge is -2.41. The van der Waals surface area contributed by atoms with Gasteiger partial charge in [-0.15, -0.1) is 0 Å². The molecule has 0 aromatic rings. The highest BCUT2D eigenvalue weighted by molar-refractivity contribution is 4.98. The molecule has 1 rings (SSSR count). The van der Waals surface area contributed by atoms with Crippen LogP contribution in [0.2, 0.25) is 0 Å². The molecule has 0 radical (unpaired) electrons. The molecule has 1 saturated carbocycles. The van der Waals surface area contributed by atoms with Gasteiger partial charge in [-0.05, 0) is 32.2 Å². The zero-order chi connectivity index (χ0) is 12.0. The minimum atomic E-state index is 0.125. The third-order valence-electron chi connectivity index (χ3n) is 4.09. The average Bonchev–Trinajstić information content (AvgIpc) is 2.75. The van der Waals surface area contributed by atoms with Gasteiger partial charge in [-0.3, -0.25) is 0 Å². The number of likely N-dealkylation sites (N-methyl/N-ethyl adjacent to an activating group) is 1. The van der Waals surface area contributed by atoms with E-state index < -0.39 is 0 Å². The first-order valence-corrected chi connectivity index (χ1v) is 7.07. The highest BCUT2D eigenvalue weighted by Crippen LogP contribution is 2.39. The number of hydrogen-bond donors (Lipinski definition) is 1. The summed E-state index contributed by atoms with van der Waals surface area (Å²) < 4.78 is 6.17. The molecule has 0 bridgehead atoms. The third kappa shape index (κ3) is 2.98. The Kier molecular flexibility index (Phi) is 5.77. The molecule has 2 atom stereocenters. The van der Waals surface area contributed by atoms with E-state index in [9.17, 15) is 0 Å². The first kappa shape index (κ1) is 14.0. The first-order chi connectivity index (χ1) is 7.70. The number of ether oxygens (including phenoxy) is 1. The van der Waals surface area contributed by atoms with Gasteiger partial charge in [0.1, 0.15) is 0 Å². The predicted octanol–water partition coefficient (Wildman–Crippen LogP) is 3.36. The first-order valence-electron chi connectivity index (χ1n) is 7.07. The minimum absolute atomic E-state index is 0.125. The smallest absolute Gasteiger partial charge is 0.0837 e. The SMILES string of the molecule is CCNC(C(C)CC)C1(OCC)CCCC1. The molecule has 2 nitrogen and oxygen atoms in total. The Labute approximate surface area is 101 Å². The van der Waals surface area contributed by atoms with Gasteiger partial charge < -0.3 is 10.1 Å². The highest BCUT2D eigenvalue weighted by atomic mass is 16.5. The Morgan fingerprint density at radius 2 is 1.81 bits per heavy atom. The molecule has 16 heavy (non-hydrogen) atoms. The van der Waals surface area contributed by atoms with Gasteiger partial charge in [-0.25, -0.2) is 0 Å². The van der Waals surface area contributed by atoms with Gasteiger partial charge in [0.15, 0.2) is 0 Å². The van der Waals surface area contributed by atoms with E-state index in [1.165, 1.54) is 32.1 Å². The molecule has 1 aliphatic carbocycles. The third-order valence-corrected chi connectivity index (χ3v) is 4.09. The fourth-order valence-corrected chi connectivity index (χ4v) is 3.17. The lowest BCUT2D eigenvalue weighted by molar-refractivity contribution is -0.0736. The van der Waals surface area contributed by atoms with Crippen LogP contribution in [0.1, 0.15) is 59.8 Å². The Hall–Kier alpha value is -0.0800. The van der Waals surface area contributed by atoms with Crippen LogP contribution in [0.25, 0.3) is 0 Å². The fraction of sp³-hybridized carbons (Fsp3) is 1.00. The lowest BCUT2D eigenvalue weighted by Crippen LogP contribution is -2.54. The van der Waals surface area contributed by atoms with Crippen molar-refractivity contribution >= 4 is 0 Å². The highest BCUT2D eigenvalue weighted by Gasteiger charge is 2.43. The summed E-state index contributed by atoms with van der Waals surface area (Å²) in [6, 6.07) is 0.532. The quantitative estimate of drug-likeness (QED) is 0.720. The molecule has 0 aliphatic heterocycles. The van der Waals surface area contributed by atoms with E-state index in [4.69, 9.17) is 4.74 Å². The fourth-order valence-electron chi connectivity index (χ4n) is 3.17. The van der Waals surface area contributed by atoms with Crippen molar-refractivity contribution in [2.75, 3.05) is 13.2 Å². The summed E-state index contributed by atoms with van der Waals surface area (Å²) in [4.78, 5) is 0. The predicted molar refractivity (Wildman–Crippen MR) is 69.7 cm³/mol.